The average molecular weight is 256 g/mol. The molecule has 0 N–H and O–H groups in total. The van der Waals surface area contributed by atoms with Gasteiger partial charge in [0, 0.05) is 18.4 Å². The number of nitrogens with zero attached hydrogens (tertiary/aromatic N) is 2. The van der Waals surface area contributed by atoms with E-state index >= 15 is 0 Å². The van der Waals surface area contributed by atoms with Crippen molar-refractivity contribution in [2.24, 2.45) is 0 Å². The quantitative estimate of drug-likeness (QED) is 0.829. The van der Waals surface area contributed by atoms with Crippen molar-refractivity contribution in [2.45, 2.75) is 46.2 Å². The summed E-state index contributed by atoms with van der Waals surface area (Å²) in [6, 6.07) is 4.82. The third-order valence-electron chi connectivity index (χ3n) is 3.98. The van der Waals surface area contributed by atoms with E-state index in [-0.39, 0.29) is 5.69 Å². The maximum atomic E-state index is 12.3. The van der Waals surface area contributed by atoms with Crippen LogP contribution in [0.25, 0.3) is 0 Å². The van der Waals surface area contributed by atoms with Gasteiger partial charge in [-0.05, 0) is 50.3 Å². The molecular formula is C16H20N2O. The largest absolute Gasteiger partial charge is 0.328 e. The van der Waals surface area contributed by atoms with Crippen molar-refractivity contribution in [1.29, 1.82) is 0 Å². The lowest BCUT2D eigenvalue weighted by molar-refractivity contribution is 0.654. The molecule has 100 valence electrons. The molecule has 3 rings (SSSR count). The standard InChI is InChI=1S/C16H20N2O/c1-11-8-12(2)15(13(3)9-11)10-17-6-7-18(16(17)19)14-4-5-14/h6-9,14H,4-5,10H2,1-3H3. The lowest BCUT2D eigenvalue weighted by Gasteiger charge is -2.11. The summed E-state index contributed by atoms with van der Waals surface area (Å²) < 4.78 is 3.70. The van der Waals surface area contributed by atoms with Crippen molar-refractivity contribution >= 4 is 0 Å². The van der Waals surface area contributed by atoms with Crippen molar-refractivity contribution in [3.05, 3.63) is 57.3 Å². The smallest absolute Gasteiger partial charge is 0.296 e. The molecule has 0 saturated heterocycles. The highest BCUT2D eigenvalue weighted by molar-refractivity contribution is 5.37. The van der Waals surface area contributed by atoms with Gasteiger partial charge in [-0.1, -0.05) is 17.7 Å². The van der Waals surface area contributed by atoms with E-state index < -0.39 is 0 Å². The first-order valence-electron chi connectivity index (χ1n) is 6.90. The number of imidazole rings is 1. The Bertz CT molecular complexity index is 651. The molecule has 0 aliphatic heterocycles. The Kier molecular flexibility index (Phi) is 2.85. The molecule has 1 aromatic heterocycles. The van der Waals surface area contributed by atoms with Crippen LogP contribution in [-0.4, -0.2) is 9.13 Å². The topological polar surface area (TPSA) is 26.9 Å². The van der Waals surface area contributed by atoms with Gasteiger partial charge in [0.2, 0.25) is 0 Å². The van der Waals surface area contributed by atoms with Crippen LogP contribution in [0.3, 0.4) is 0 Å². The maximum Gasteiger partial charge on any atom is 0.328 e. The van der Waals surface area contributed by atoms with Crippen LogP contribution in [0.5, 0.6) is 0 Å². The van der Waals surface area contributed by atoms with E-state index in [1.165, 1.54) is 22.3 Å². The van der Waals surface area contributed by atoms with Crippen LogP contribution < -0.4 is 5.69 Å². The normalized spacial score (nSPS) is 14.9. The molecule has 0 spiro atoms. The van der Waals surface area contributed by atoms with Gasteiger partial charge >= 0.3 is 5.69 Å². The molecule has 1 saturated carbocycles. The molecule has 1 aliphatic rings. The van der Waals surface area contributed by atoms with E-state index in [2.05, 4.69) is 32.9 Å². The Labute approximate surface area is 113 Å². The van der Waals surface area contributed by atoms with Crippen molar-refractivity contribution in [1.82, 2.24) is 9.13 Å². The molecule has 1 fully saturated rings. The Morgan fingerprint density at radius 1 is 1.11 bits per heavy atom. The highest BCUT2D eigenvalue weighted by Crippen LogP contribution is 2.33. The van der Waals surface area contributed by atoms with E-state index in [4.69, 9.17) is 0 Å². The van der Waals surface area contributed by atoms with Crippen molar-refractivity contribution in [3.63, 3.8) is 0 Å². The first-order chi connectivity index (χ1) is 9.06. The molecule has 1 aliphatic carbocycles. The SMILES string of the molecule is Cc1cc(C)c(Cn2ccn(C3CC3)c2=O)c(C)c1. The van der Waals surface area contributed by atoms with Crippen LogP contribution in [0.4, 0.5) is 0 Å². The number of aryl methyl sites for hydroxylation is 3. The Balaban J connectivity index is 1.95. The Morgan fingerprint density at radius 3 is 2.32 bits per heavy atom. The number of aromatic nitrogens is 2. The molecule has 3 heteroatoms. The van der Waals surface area contributed by atoms with Gasteiger partial charge in [0.25, 0.3) is 0 Å². The molecule has 0 bridgehead atoms. The molecule has 0 atom stereocenters. The van der Waals surface area contributed by atoms with E-state index in [0.717, 1.165) is 12.8 Å². The zero-order valence-electron chi connectivity index (χ0n) is 11.8. The lowest BCUT2D eigenvalue weighted by Crippen LogP contribution is -2.24. The second-order valence-corrected chi connectivity index (χ2v) is 5.72. The van der Waals surface area contributed by atoms with E-state index in [0.29, 0.717) is 12.6 Å². The van der Waals surface area contributed by atoms with Gasteiger partial charge in [-0.15, -0.1) is 0 Å². The third kappa shape index (κ3) is 2.25. The Hall–Kier alpha value is -1.77. The van der Waals surface area contributed by atoms with Crippen LogP contribution in [0.15, 0.2) is 29.3 Å². The monoisotopic (exact) mass is 256 g/mol. The summed E-state index contributed by atoms with van der Waals surface area (Å²) in [4.78, 5) is 12.3. The van der Waals surface area contributed by atoms with Crippen LogP contribution in [-0.2, 0) is 6.54 Å². The van der Waals surface area contributed by atoms with E-state index in [1.807, 2.05) is 21.5 Å². The minimum absolute atomic E-state index is 0.127. The van der Waals surface area contributed by atoms with Gasteiger partial charge in [0.1, 0.15) is 0 Å². The summed E-state index contributed by atoms with van der Waals surface area (Å²) in [5.41, 5.74) is 5.21. The van der Waals surface area contributed by atoms with Crippen molar-refractivity contribution < 1.29 is 0 Å². The molecule has 3 nitrogen and oxygen atoms in total. The van der Waals surface area contributed by atoms with Gasteiger partial charge in [0.05, 0.1) is 6.54 Å². The molecular weight excluding hydrogens is 236 g/mol. The second-order valence-electron chi connectivity index (χ2n) is 5.72. The average Bonchev–Trinajstić information content (AvgIpc) is 3.10. The first kappa shape index (κ1) is 12.3. The summed E-state index contributed by atoms with van der Waals surface area (Å²) in [5, 5.41) is 0. The second kappa shape index (κ2) is 4.41. The zero-order valence-corrected chi connectivity index (χ0v) is 11.8. The van der Waals surface area contributed by atoms with Crippen LogP contribution in [0, 0.1) is 20.8 Å². The number of hydrogen-bond acceptors (Lipinski definition) is 1. The highest BCUT2D eigenvalue weighted by Gasteiger charge is 2.25. The van der Waals surface area contributed by atoms with Gasteiger partial charge < -0.3 is 0 Å². The summed E-state index contributed by atoms with van der Waals surface area (Å²) in [6.45, 7) is 7.03. The molecule has 19 heavy (non-hydrogen) atoms. The highest BCUT2D eigenvalue weighted by atomic mass is 16.1. The van der Waals surface area contributed by atoms with Gasteiger partial charge in [-0.3, -0.25) is 9.13 Å². The number of benzene rings is 1. The van der Waals surface area contributed by atoms with Gasteiger partial charge in [-0.25, -0.2) is 4.79 Å². The number of hydrogen-bond donors (Lipinski definition) is 0. The predicted molar refractivity (Wildman–Crippen MR) is 76.7 cm³/mol. The molecule has 0 radical (unpaired) electrons. The summed E-state index contributed by atoms with van der Waals surface area (Å²) >= 11 is 0. The van der Waals surface area contributed by atoms with Crippen LogP contribution >= 0.6 is 0 Å². The Morgan fingerprint density at radius 2 is 1.74 bits per heavy atom. The molecule has 0 unspecified atom stereocenters. The predicted octanol–water partition coefficient (Wildman–Crippen LogP) is 2.96. The van der Waals surface area contributed by atoms with E-state index in [1.54, 1.807) is 0 Å². The van der Waals surface area contributed by atoms with Gasteiger partial charge in [0.15, 0.2) is 0 Å². The lowest BCUT2D eigenvalue weighted by atomic mass is 10.00. The minimum atomic E-state index is 0.127. The fourth-order valence-electron chi connectivity index (χ4n) is 2.81. The van der Waals surface area contributed by atoms with Gasteiger partial charge in [-0.2, -0.15) is 0 Å². The van der Waals surface area contributed by atoms with E-state index in [9.17, 15) is 4.79 Å². The summed E-state index contributed by atoms with van der Waals surface area (Å²) in [7, 11) is 0. The maximum absolute atomic E-state index is 12.3. The molecule has 2 aromatic rings. The van der Waals surface area contributed by atoms with Crippen molar-refractivity contribution in [2.75, 3.05) is 0 Å². The fourth-order valence-corrected chi connectivity index (χ4v) is 2.81. The van der Waals surface area contributed by atoms with Crippen molar-refractivity contribution in [3.8, 4) is 0 Å². The fraction of sp³-hybridized carbons (Fsp3) is 0.438. The summed E-state index contributed by atoms with van der Waals surface area (Å²) in [5.74, 6) is 0. The number of rotatable bonds is 3. The summed E-state index contributed by atoms with van der Waals surface area (Å²) in [6.07, 6.45) is 6.14. The minimum Gasteiger partial charge on any atom is -0.296 e. The van der Waals surface area contributed by atoms with Crippen LogP contribution in [0.2, 0.25) is 0 Å². The first-order valence-corrected chi connectivity index (χ1v) is 6.90. The third-order valence-corrected chi connectivity index (χ3v) is 3.98. The molecule has 0 amide bonds. The zero-order chi connectivity index (χ0) is 13.6. The molecule has 1 aromatic carbocycles. The van der Waals surface area contributed by atoms with Crippen LogP contribution in [0.1, 0.15) is 41.1 Å². The molecule has 1 heterocycles.